The van der Waals surface area contributed by atoms with E-state index < -0.39 is 6.10 Å². The van der Waals surface area contributed by atoms with Gasteiger partial charge < -0.3 is 9.84 Å². The maximum absolute atomic E-state index is 10.2. The second-order valence-corrected chi connectivity index (χ2v) is 5.67. The highest BCUT2D eigenvalue weighted by Crippen LogP contribution is 2.16. The highest BCUT2D eigenvalue weighted by molar-refractivity contribution is 7.09. The van der Waals surface area contributed by atoms with Crippen molar-refractivity contribution >= 4 is 11.3 Å². The molecule has 17 heavy (non-hydrogen) atoms. The van der Waals surface area contributed by atoms with Gasteiger partial charge in [-0.2, -0.15) is 0 Å². The molecule has 0 aromatic carbocycles. The molecule has 2 rings (SSSR count). The zero-order chi connectivity index (χ0) is 12.3. The molecule has 2 atom stereocenters. The Morgan fingerprint density at radius 1 is 1.65 bits per heavy atom. The molecule has 1 fully saturated rings. The number of ether oxygens (including phenoxy) is 1. The molecule has 1 N–H and O–H groups in total. The van der Waals surface area contributed by atoms with Gasteiger partial charge in [-0.15, -0.1) is 11.3 Å². The highest BCUT2D eigenvalue weighted by Gasteiger charge is 2.28. The van der Waals surface area contributed by atoms with Gasteiger partial charge in [0.2, 0.25) is 0 Å². The van der Waals surface area contributed by atoms with Gasteiger partial charge in [0.25, 0.3) is 0 Å². The first-order valence-corrected chi connectivity index (χ1v) is 6.97. The monoisotopic (exact) mass is 256 g/mol. The van der Waals surface area contributed by atoms with Crippen molar-refractivity contribution in [1.29, 1.82) is 0 Å². The Kier molecular flexibility index (Phi) is 4.50. The van der Waals surface area contributed by atoms with Gasteiger partial charge in [0.15, 0.2) is 0 Å². The van der Waals surface area contributed by atoms with E-state index in [0.29, 0.717) is 19.1 Å². The molecule has 1 aliphatic heterocycles. The summed E-state index contributed by atoms with van der Waals surface area (Å²) in [6.07, 6.45) is 1.82. The minimum absolute atomic E-state index is 0.0879. The normalized spacial score (nSPS) is 24.1. The molecular formula is C12H20N2O2S. The van der Waals surface area contributed by atoms with E-state index in [0.717, 1.165) is 18.1 Å². The lowest BCUT2D eigenvalue weighted by molar-refractivity contribution is -0.0940. The van der Waals surface area contributed by atoms with Crippen molar-refractivity contribution in [2.75, 3.05) is 19.7 Å². The Bertz CT molecular complexity index is 329. The molecule has 0 aliphatic carbocycles. The molecule has 5 heteroatoms. The van der Waals surface area contributed by atoms with Crippen LogP contribution in [0.15, 0.2) is 11.6 Å². The number of nitrogens with zero attached hydrogens (tertiary/aromatic N) is 2. The molecule has 0 bridgehead atoms. The van der Waals surface area contributed by atoms with E-state index in [-0.39, 0.29) is 6.10 Å². The van der Waals surface area contributed by atoms with Crippen LogP contribution < -0.4 is 0 Å². The van der Waals surface area contributed by atoms with Crippen LogP contribution in [-0.2, 0) is 11.2 Å². The molecule has 2 unspecified atom stereocenters. The molecule has 1 aromatic heterocycles. The number of aliphatic hydroxyl groups excluding tert-OH is 1. The van der Waals surface area contributed by atoms with Crippen LogP contribution in [0.2, 0.25) is 0 Å². The third-order valence-corrected chi connectivity index (χ3v) is 3.95. The molecule has 0 amide bonds. The van der Waals surface area contributed by atoms with Crippen LogP contribution in [-0.4, -0.2) is 52.9 Å². The van der Waals surface area contributed by atoms with Gasteiger partial charge in [0.05, 0.1) is 23.8 Å². The Morgan fingerprint density at radius 2 is 2.47 bits per heavy atom. The van der Waals surface area contributed by atoms with E-state index in [1.54, 1.807) is 17.5 Å². The molecule has 0 radical (unpaired) electrons. The lowest BCUT2D eigenvalue weighted by Gasteiger charge is -2.37. The minimum Gasteiger partial charge on any atom is -0.390 e. The number of aliphatic hydroxyl groups is 1. The predicted molar refractivity (Wildman–Crippen MR) is 68.3 cm³/mol. The molecular weight excluding hydrogens is 236 g/mol. The van der Waals surface area contributed by atoms with Gasteiger partial charge in [-0.1, -0.05) is 0 Å². The van der Waals surface area contributed by atoms with Crippen LogP contribution in [0.5, 0.6) is 0 Å². The van der Waals surface area contributed by atoms with Crippen LogP contribution in [0.3, 0.4) is 0 Å². The third kappa shape index (κ3) is 3.48. The first-order chi connectivity index (χ1) is 8.16. The van der Waals surface area contributed by atoms with Gasteiger partial charge >= 0.3 is 0 Å². The van der Waals surface area contributed by atoms with E-state index in [1.165, 1.54) is 0 Å². The van der Waals surface area contributed by atoms with Crippen molar-refractivity contribution in [2.45, 2.75) is 38.5 Å². The van der Waals surface area contributed by atoms with E-state index in [1.807, 2.05) is 5.38 Å². The Morgan fingerprint density at radius 3 is 3.12 bits per heavy atom. The predicted octanol–water partition coefficient (Wildman–Crippen LogP) is 1.16. The van der Waals surface area contributed by atoms with Crippen LogP contribution in [0.25, 0.3) is 0 Å². The Balaban J connectivity index is 1.88. The summed E-state index contributed by atoms with van der Waals surface area (Å²) in [6, 6.07) is 0.508. The average Bonchev–Trinajstić information content (AvgIpc) is 2.82. The SMILES string of the molecule is CC(C)N1CCOC(C(O)Cc2nccs2)C1. The van der Waals surface area contributed by atoms with Crippen molar-refractivity contribution in [3.8, 4) is 0 Å². The summed E-state index contributed by atoms with van der Waals surface area (Å²) in [5.74, 6) is 0. The van der Waals surface area contributed by atoms with E-state index in [9.17, 15) is 5.11 Å². The van der Waals surface area contributed by atoms with E-state index in [4.69, 9.17) is 4.74 Å². The first kappa shape index (κ1) is 13.0. The minimum atomic E-state index is -0.456. The first-order valence-electron chi connectivity index (χ1n) is 6.09. The average molecular weight is 256 g/mol. The molecule has 1 aromatic rings. The van der Waals surface area contributed by atoms with Gasteiger partial charge in [0.1, 0.15) is 0 Å². The zero-order valence-electron chi connectivity index (χ0n) is 10.4. The number of aromatic nitrogens is 1. The maximum Gasteiger partial charge on any atom is 0.0965 e. The fourth-order valence-electron chi connectivity index (χ4n) is 2.06. The quantitative estimate of drug-likeness (QED) is 0.878. The van der Waals surface area contributed by atoms with Crippen LogP contribution >= 0.6 is 11.3 Å². The smallest absolute Gasteiger partial charge is 0.0965 e. The van der Waals surface area contributed by atoms with Crippen LogP contribution in [0.1, 0.15) is 18.9 Å². The fourth-order valence-corrected chi connectivity index (χ4v) is 2.73. The molecule has 0 saturated carbocycles. The van der Waals surface area contributed by atoms with Crippen LogP contribution in [0.4, 0.5) is 0 Å². The molecule has 1 saturated heterocycles. The van der Waals surface area contributed by atoms with Crippen molar-refractivity contribution in [2.24, 2.45) is 0 Å². The van der Waals surface area contributed by atoms with Crippen molar-refractivity contribution in [3.63, 3.8) is 0 Å². The summed E-state index contributed by atoms with van der Waals surface area (Å²) in [5.41, 5.74) is 0. The van der Waals surface area contributed by atoms with Crippen molar-refractivity contribution < 1.29 is 9.84 Å². The molecule has 0 spiro atoms. The number of thiazole rings is 1. The number of rotatable bonds is 4. The van der Waals surface area contributed by atoms with E-state index >= 15 is 0 Å². The number of hydrogen-bond acceptors (Lipinski definition) is 5. The maximum atomic E-state index is 10.2. The van der Waals surface area contributed by atoms with Gasteiger partial charge in [0, 0.05) is 37.1 Å². The van der Waals surface area contributed by atoms with Gasteiger partial charge in [-0.3, -0.25) is 4.90 Å². The summed E-state index contributed by atoms with van der Waals surface area (Å²) in [7, 11) is 0. The standard InChI is InChI=1S/C12H20N2O2S/c1-9(2)14-4-5-16-11(8-14)10(15)7-12-13-3-6-17-12/h3,6,9-11,15H,4-5,7-8H2,1-2H3. The molecule has 4 nitrogen and oxygen atoms in total. The third-order valence-electron chi connectivity index (χ3n) is 3.15. The Hall–Kier alpha value is -0.490. The topological polar surface area (TPSA) is 45.6 Å². The second kappa shape index (κ2) is 5.91. The lowest BCUT2D eigenvalue weighted by Crippen LogP contribution is -2.50. The highest BCUT2D eigenvalue weighted by atomic mass is 32.1. The molecule has 96 valence electrons. The zero-order valence-corrected chi connectivity index (χ0v) is 11.2. The Labute approximate surface area is 106 Å². The second-order valence-electron chi connectivity index (χ2n) is 4.70. The van der Waals surface area contributed by atoms with Gasteiger partial charge in [-0.05, 0) is 13.8 Å². The summed E-state index contributed by atoms with van der Waals surface area (Å²) in [4.78, 5) is 6.54. The number of morpholine rings is 1. The molecule has 1 aliphatic rings. The molecule has 2 heterocycles. The van der Waals surface area contributed by atoms with E-state index in [2.05, 4.69) is 23.7 Å². The van der Waals surface area contributed by atoms with Gasteiger partial charge in [-0.25, -0.2) is 4.98 Å². The van der Waals surface area contributed by atoms with Crippen molar-refractivity contribution in [3.05, 3.63) is 16.6 Å². The summed E-state index contributed by atoms with van der Waals surface area (Å²) in [5, 5.41) is 13.1. The summed E-state index contributed by atoms with van der Waals surface area (Å²) >= 11 is 1.58. The largest absolute Gasteiger partial charge is 0.390 e. The number of hydrogen-bond donors (Lipinski definition) is 1. The lowest BCUT2D eigenvalue weighted by atomic mass is 10.1. The summed E-state index contributed by atoms with van der Waals surface area (Å²) in [6.45, 7) is 6.82. The van der Waals surface area contributed by atoms with Crippen molar-refractivity contribution in [1.82, 2.24) is 9.88 Å². The summed E-state index contributed by atoms with van der Waals surface area (Å²) < 4.78 is 5.65. The fraction of sp³-hybridized carbons (Fsp3) is 0.750. The van der Waals surface area contributed by atoms with Crippen LogP contribution in [0, 0.1) is 0 Å².